The van der Waals surface area contributed by atoms with Gasteiger partial charge in [-0.1, -0.05) is 32.4 Å². The first-order valence-corrected chi connectivity index (χ1v) is 9.31. The summed E-state index contributed by atoms with van der Waals surface area (Å²) in [5.41, 5.74) is 1.02. The standard InChI is InChI=1S/C16H26N2O2S/c1-3-14-8-10-18(11-9-14)21(19,20)16-7-5-6-15(12-16)13-17-4-2/h5-7,12,14,17H,3-4,8-11,13H2,1-2H3. The molecule has 1 saturated heterocycles. The predicted molar refractivity (Wildman–Crippen MR) is 85.6 cm³/mol. The van der Waals surface area contributed by atoms with Crippen LogP contribution in [0.1, 0.15) is 38.7 Å². The maximum atomic E-state index is 12.7. The number of sulfonamides is 1. The van der Waals surface area contributed by atoms with Crippen LogP contribution in [0.2, 0.25) is 0 Å². The minimum atomic E-state index is -3.34. The molecule has 1 aliphatic rings. The van der Waals surface area contributed by atoms with Crippen molar-refractivity contribution in [3.05, 3.63) is 29.8 Å². The SMILES string of the molecule is CCNCc1cccc(S(=O)(=O)N2CCC(CC)CC2)c1. The molecular formula is C16H26N2O2S. The molecule has 0 radical (unpaired) electrons. The second-order valence-electron chi connectivity index (χ2n) is 5.68. The second kappa shape index (κ2) is 7.38. The average molecular weight is 310 g/mol. The third-order valence-corrected chi connectivity index (χ3v) is 6.16. The molecular weight excluding hydrogens is 284 g/mol. The van der Waals surface area contributed by atoms with E-state index in [4.69, 9.17) is 0 Å². The smallest absolute Gasteiger partial charge is 0.243 e. The molecule has 1 aliphatic heterocycles. The lowest BCUT2D eigenvalue weighted by Gasteiger charge is -2.30. The van der Waals surface area contributed by atoms with E-state index in [2.05, 4.69) is 12.2 Å². The van der Waals surface area contributed by atoms with E-state index in [0.717, 1.165) is 31.4 Å². The van der Waals surface area contributed by atoms with E-state index in [1.165, 1.54) is 0 Å². The van der Waals surface area contributed by atoms with E-state index in [9.17, 15) is 8.42 Å². The van der Waals surface area contributed by atoms with Gasteiger partial charge in [0.1, 0.15) is 0 Å². The lowest BCUT2D eigenvalue weighted by Crippen LogP contribution is -2.38. The quantitative estimate of drug-likeness (QED) is 0.878. The Morgan fingerprint density at radius 1 is 1.24 bits per heavy atom. The minimum absolute atomic E-state index is 0.424. The Balaban J connectivity index is 2.12. The van der Waals surface area contributed by atoms with Crippen molar-refractivity contribution in [2.24, 2.45) is 5.92 Å². The van der Waals surface area contributed by atoms with Gasteiger partial charge in [0, 0.05) is 19.6 Å². The Kier molecular flexibility index (Phi) is 5.79. The largest absolute Gasteiger partial charge is 0.313 e. The summed E-state index contributed by atoms with van der Waals surface area (Å²) in [5.74, 6) is 0.677. The Bertz CT molecular complexity index is 549. The zero-order valence-electron chi connectivity index (χ0n) is 13.0. The molecule has 1 aromatic rings. The van der Waals surface area contributed by atoms with Crippen LogP contribution in [-0.4, -0.2) is 32.4 Å². The topological polar surface area (TPSA) is 49.4 Å². The molecule has 0 aromatic heterocycles. The van der Waals surface area contributed by atoms with Crippen LogP contribution in [0, 0.1) is 5.92 Å². The summed E-state index contributed by atoms with van der Waals surface area (Å²) in [4.78, 5) is 0.424. The van der Waals surface area contributed by atoms with E-state index >= 15 is 0 Å². The fraction of sp³-hybridized carbons (Fsp3) is 0.625. The van der Waals surface area contributed by atoms with Gasteiger partial charge in [-0.05, 0) is 43.0 Å². The Hall–Kier alpha value is -0.910. The van der Waals surface area contributed by atoms with Crippen LogP contribution in [0.3, 0.4) is 0 Å². The van der Waals surface area contributed by atoms with Gasteiger partial charge in [-0.2, -0.15) is 4.31 Å². The van der Waals surface area contributed by atoms with Crippen LogP contribution in [-0.2, 0) is 16.6 Å². The molecule has 1 heterocycles. The number of hydrogen-bond donors (Lipinski definition) is 1. The van der Waals surface area contributed by atoms with Gasteiger partial charge < -0.3 is 5.32 Å². The molecule has 1 N–H and O–H groups in total. The number of nitrogens with zero attached hydrogens (tertiary/aromatic N) is 1. The number of nitrogens with one attached hydrogen (secondary N) is 1. The van der Waals surface area contributed by atoms with Crippen LogP contribution >= 0.6 is 0 Å². The predicted octanol–water partition coefficient (Wildman–Crippen LogP) is 2.61. The monoisotopic (exact) mass is 310 g/mol. The van der Waals surface area contributed by atoms with Gasteiger partial charge in [0.05, 0.1) is 4.90 Å². The van der Waals surface area contributed by atoms with Crippen molar-refractivity contribution in [1.82, 2.24) is 9.62 Å². The van der Waals surface area contributed by atoms with Gasteiger partial charge in [-0.25, -0.2) is 8.42 Å². The summed E-state index contributed by atoms with van der Waals surface area (Å²) < 4.78 is 27.1. The fourth-order valence-corrected chi connectivity index (χ4v) is 4.33. The molecule has 0 saturated carbocycles. The normalized spacial score (nSPS) is 18.0. The van der Waals surface area contributed by atoms with Crippen molar-refractivity contribution in [2.45, 2.75) is 44.6 Å². The van der Waals surface area contributed by atoms with Crippen LogP contribution in [0.5, 0.6) is 0 Å². The van der Waals surface area contributed by atoms with Crippen molar-refractivity contribution in [3.8, 4) is 0 Å². The highest BCUT2D eigenvalue weighted by atomic mass is 32.2. The second-order valence-corrected chi connectivity index (χ2v) is 7.62. The summed E-state index contributed by atoms with van der Waals surface area (Å²) >= 11 is 0. The third-order valence-electron chi connectivity index (χ3n) is 4.27. The third kappa shape index (κ3) is 4.05. The van der Waals surface area contributed by atoms with Crippen molar-refractivity contribution in [3.63, 3.8) is 0 Å². The first-order chi connectivity index (χ1) is 10.1. The Labute approximate surface area is 128 Å². The van der Waals surface area contributed by atoms with Crippen LogP contribution in [0.4, 0.5) is 0 Å². The zero-order valence-corrected chi connectivity index (χ0v) is 13.8. The van der Waals surface area contributed by atoms with Crippen LogP contribution < -0.4 is 5.32 Å². The molecule has 1 aromatic carbocycles. The summed E-state index contributed by atoms with van der Waals surface area (Å²) in [5, 5.41) is 3.23. The van der Waals surface area contributed by atoms with Gasteiger partial charge in [-0.3, -0.25) is 0 Å². The molecule has 0 atom stereocenters. The molecule has 0 amide bonds. The van der Waals surface area contributed by atoms with Gasteiger partial charge in [0.15, 0.2) is 0 Å². The molecule has 118 valence electrons. The van der Waals surface area contributed by atoms with E-state index in [-0.39, 0.29) is 0 Å². The van der Waals surface area contributed by atoms with Crippen LogP contribution in [0.15, 0.2) is 29.2 Å². The van der Waals surface area contributed by atoms with Crippen molar-refractivity contribution in [1.29, 1.82) is 0 Å². The minimum Gasteiger partial charge on any atom is -0.313 e. The van der Waals surface area contributed by atoms with Gasteiger partial charge in [0.2, 0.25) is 10.0 Å². The molecule has 0 spiro atoms. The highest BCUT2D eigenvalue weighted by molar-refractivity contribution is 7.89. The lowest BCUT2D eigenvalue weighted by atomic mass is 9.96. The number of rotatable bonds is 6. The maximum absolute atomic E-state index is 12.7. The van der Waals surface area contributed by atoms with Crippen molar-refractivity contribution < 1.29 is 8.42 Å². The molecule has 4 nitrogen and oxygen atoms in total. The van der Waals surface area contributed by atoms with Crippen LogP contribution in [0.25, 0.3) is 0 Å². The van der Waals surface area contributed by atoms with Gasteiger partial charge in [0.25, 0.3) is 0 Å². The first kappa shape index (κ1) is 16.5. The Morgan fingerprint density at radius 2 is 1.95 bits per heavy atom. The molecule has 0 bridgehead atoms. The maximum Gasteiger partial charge on any atom is 0.243 e. The molecule has 0 aliphatic carbocycles. The zero-order chi connectivity index (χ0) is 15.3. The summed E-state index contributed by atoms with van der Waals surface area (Å²) in [6.07, 6.45) is 3.10. The molecule has 0 unspecified atom stereocenters. The molecule has 2 rings (SSSR count). The fourth-order valence-electron chi connectivity index (χ4n) is 2.79. The molecule has 5 heteroatoms. The van der Waals surface area contributed by atoms with E-state index in [0.29, 0.717) is 30.4 Å². The molecule has 21 heavy (non-hydrogen) atoms. The summed E-state index contributed by atoms with van der Waals surface area (Å²) in [6, 6.07) is 7.30. The lowest BCUT2D eigenvalue weighted by molar-refractivity contribution is 0.269. The van der Waals surface area contributed by atoms with E-state index in [1.807, 2.05) is 19.1 Å². The molecule has 1 fully saturated rings. The highest BCUT2D eigenvalue weighted by Gasteiger charge is 2.28. The van der Waals surface area contributed by atoms with E-state index < -0.39 is 10.0 Å². The van der Waals surface area contributed by atoms with E-state index in [1.54, 1.807) is 16.4 Å². The van der Waals surface area contributed by atoms with Gasteiger partial charge >= 0.3 is 0 Å². The van der Waals surface area contributed by atoms with Crippen molar-refractivity contribution >= 4 is 10.0 Å². The summed E-state index contributed by atoms with van der Waals surface area (Å²) in [7, 11) is -3.34. The van der Waals surface area contributed by atoms with Crippen molar-refractivity contribution in [2.75, 3.05) is 19.6 Å². The number of piperidine rings is 1. The Morgan fingerprint density at radius 3 is 2.57 bits per heavy atom. The number of hydrogen-bond acceptors (Lipinski definition) is 3. The summed E-state index contributed by atoms with van der Waals surface area (Å²) in [6.45, 7) is 7.10. The average Bonchev–Trinajstić information content (AvgIpc) is 2.53. The van der Waals surface area contributed by atoms with Gasteiger partial charge in [-0.15, -0.1) is 0 Å². The highest BCUT2D eigenvalue weighted by Crippen LogP contribution is 2.25. The first-order valence-electron chi connectivity index (χ1n) is 7.87. The number of benzene rings is 1.